The summed E-state index contributed by atoms with van der Waals surface area (Å²) in [5, 5.41) is 0. The van der Waals surface area contributed by atoms with Crippen LogP contribution >= 0.6 is 0 Å². The number of rotatable bonds is 5. The van der Waals surface area contributed by atoms with Gasteiger partial charge in [0.2, 0.25) is 0 Å². The molecule has 0 radical (unpaired) electrons. The molecule has 136 valence electrons. The van der Waals surface area contributed by atoms with Gasteiger partial charge in [0, 0.05) is 31.7 Å². The minimum Gasteiger partial charge on any atom is -0.368 e. The third kappa shape index (κ3) is 3.54. The number of pyridine rings is 1. The number of aromatic nitrogens is 1. The monoisotopic (exact) mass is 347 g/mol. The van der Waals surface area contributed by atoms with Gasteiger partial charge in [-0.15, -0.1) is 0 Å². The Balaban J connectivity index is 1.64. The molecule has 1 aliphatic heterocycles. The van der Waals surface area contributed by atoms with Crippen LogP contribution in [0.5, 0.6) is 0 Å². The zero-order chi connectivity index (χ0) is 17.9. The maximum Gasteiger partial charge on any atom is 0.0584 e. The van der Waals surface area contributed by atoms with E-state index in [4.69, 9.17) is 0 Å². The number of likely N-dealkylation sites (N-methyl/N-ethyl adjacent to an activating group) is 1. The fourth-order valence-corrected chi connectivity index (χ4v) is 4.24. The van der Waals surface area contributed by atoms with Crippen LogP contribution in [0.3, 0.4) is 0 Å². The van der Waals surface area contributed by atoms with Crippen molar-refractivity contribution in [1.29, 1.82) is 0 Å². The van der Waals surface area contributed by atoms with E-state index in [1.165, 1.54) is 48.0 Å². The zero-order valence-electron chi connectivity index (χ0n) is 16.0. The summed E-state index contributed by atoms with van der Waals surface area (Å²) in [4.78, 5) is 9.15. The van der Waals surface area contributed by atoms with Gasteiger partial charge in [0.05, 0.1) is 6.04 Å². The van der Waals surface area contributed by atoms with Crippen molar-refractivity contribution in [2.24, 2.45) is 0 Å². The molecule has 0 aromatic carbocycles. The highest BCUT2D eigenvalue weighted by Crippen LogP contribution is 2.42. The summed E-state index contributed by atoms with van der Waals surface area (Å²) in [6.07, 6.45) is 19.6. The van der Waals surface area contributed by atoms with Crippen molar-refractivity contribution >= 4 is 5.57 Å². The van der Waals surface area contributed by atoms with Crippen molar-refractivity contribution in [3.05, 3.63) is 71.2 Å². The Morgan fingerprint density at radius 1 is 1.19 bits per heavy atom. The van der Waals surface area contributed by atoms with Gasteiger partial charge in [0.15, 0.2) is 0 Å². The van der Waals surface area contributed by atoms with Crippen LogP contribution in [0, 0.1) is 0 Å². The summed E-state index contributed by atoms with van der Waals surface area (Å²) in [5.41, 5.74) is 7.23. The molecule has 0 saturated heterocycles. The highest BCUT2D eigenvalue weighted by Gasteiger charge is 2.33. The molecule has 2 heterocycles. The first kappa shape index (κ1) is 17.3. The number of hydrogen-bond donors (Lipinski definition) is 0. The van der Waals surface area contributed by atoms with E-state index in [2.05, 4.69) is 59.4 Å². The maximum absolute atomic E-state index is 4.31. The molecule has 0 bridgehead atoms. The lowest BCUT2D eigenvalue weighted by atomic mass is 9.83. The molecule has 0 spiro atoms. The lowest BCUT2D eigenvalue weighted by molar-refractivity contribution is 0.281. The summed E-state index contributed by atoms with van der Waals surface area (Å²) in [7, 11) is 4.31. The van der Waals surface area contributed by atoms with E-state index in [0.29, 0.717) is 6.04 Å². The van der Waals surface area contributed by atoms with Crippen molar-refractivity contribution in [2.75, 3.05) is 27.2 Å². The van der Waals surface area contributed by atoms with Gasteiger partial charge in [-0.25, -0.2) is 0 Å². The van der Waals surface area contributed by atoms with Crippen molar-refractivity contribution in [1.82, 2.24) is 14.8 Å². The summed E-state index contributed by atoms with van der Waals surface area (Å²) in [6, 6.07) is 4.67. The summed E-state index contributed by atoms with van der Waals surface area (Å²) in [5.74, 6) is 0. The minimum atomic E-state index is 0.466. The van der Waals surface area contributed by atoms with Crippen LogP contribution in [0.25, 0.3) is 5.57 Å². The van der Waals surface area contributed by atoms with Crippen LogP contribution in [-0.4, -0.2) is 48.0 Å². The van der Waals surface area contributed by atoms with Gasteiger partial charge in [0.1, 0.15) is 0 Å². The van der Waals surface area contributed by atoms with Crippen LogP contribution in [0.1, 0.15) is 37.7 Å². The Bertz CT molecular complexity index is 768. The Labute approximate surface area is 157 Å². The van der Waals surface area contributed by atoms with Gasteiger partial charge >= 0.3 is 0 Å². The van der Waals surface area contributed by atoms with Crippen LogP contribution in [-0.2, 0) is 0 Å². The molecular weight excluding hydrogens is 318 g/mol. The average Bonchev–Trinajstić information content (AvgIpc) is 3.06. The van der Waals surface area contributed by atoms with E-state index < -0.39 is 0 Å². The molecule has 3 heteroatoms. The minimum absolute atomic E-state index is 0.466. The second kappa shape index (κ2) is 7.63. The summed E-state index contributed by atoms with van der Waals surface area (Å²) >= 11 is 0. The quantitative estimate of drug-likeness (QED) is 0.786. The van der Waals surface area contributed by atoms with Gasteiger partial charge < -0.3 is 9.80 Å². The first-order chi connectivity index (χ1) is 12.7. The first-order valence-corrected chi connectivity index (χ1v) is 9.85. The standard InChI is InChI=1S/C23H29N3/c1-25(2)13-14-26-17-22(18-7-4-3-5-8-18)21-11-10-19(15-23(21)26)20-9-6-12-24-16-20/h6-7,9-12,16-17,23H,3-5,8,13-15H2,1-2H3. The normalized spacial score (nSPS) is 22.6. The largest absolute Gasteiger partial charge is 0.368 e. The first-order valence-electron chi connectivity index (χ1n) is 9.85. The highest BCUT2D eigenvalue weighted by molar-refractivity contribution is 5.72. The molecule has 2 aliphatic carbocycles. The van der Waals surface area contributed by atoms with Crippen LogP contribution < -0.4 is 0 Å². The number of fused-ring (bicyclic) bond motifs is 1. The van der Waals surface area contributed by atoms with Crippen LogP contribution in [0.2, 0.25) is 0 Å². The molecule has 0 fully saturated rings. The molecule has 4 rings (SSSR count). The Morgan fingerprint density at radius 2 is 2.12 bits per heavy atom. The van der Waals surface area contributed by atoms with Gasteiger partial charge in [-0.05, 0) is 80.1 Å². The van der Waals surface area contributed by atoms with E-state index in [0.717, 1.165) is 19.5 Å². The Morgan fingerprint density at radius 3 is 2.85 bits per heavy atom. The van der Waals surface area contributed by atoms with E-state index in [-0.39, 0.29) is 0 Å². The zero-order valence-corrected chi connectivity index (χ0v) is 16.0. The molecule has 1 aromatic heterocycles. The molecule has 3 nitrogen and oxygen atoms in total. The number of nitrogens with zero attached hydrogens (tertiary/aromatic N) is 3. The van der Waals surface area contributed by atoms with Crippen molar-refractivity contribution in [3.8, 4) is 0 Å². The fraction of sp³-hybridized carbons (Fsp3) is 0.435. The molecule has 3 aliphatic rings. The Kier molecular flexibility index (Phi) is 5.07. The molecular formula is C23H29N3. The van der Waals surface area contributed by atoms with Crippen LogP contribution in [0.4, 0.5) is 0 Å². The summed E-state index contributed by atoms with van der Waals surface area (Å²) < 4.78 is 0. The predicted octanol–water partition coefficient (Wildman–Crippen LogP) is 4.43. The third-order valence-corrected chi connectivity index (χ3v) is 5.72. The average molecular weight is 348 g/mol. The van der Waals surface area contributed by atoms with Crippen molar-refractivity contribution < 1.29 is 0 Å². The second-order valence-electron chi connectivity index (χ2n) is 7.83. The molecule has 1 aromatic rings. The molecule has 0 amide bonds. The van der Waals surface area contributed by atoms with Crippen molar-refractivity contribution in [3.63, 3.8) is 0 Å². The fourth-order valence-electron chi connectivity index (χ4n) is 4.24. The lowest BCUT2D eigenvalue weighted by Gasteiger charge is -2.30. The lowest BCUT2D eigenvalue weighted by Crippen LogP contribution is -2.34. The number of allylic oxidation sites excluding steroid dienone is 4. The smallest absolute Gasteiger partial charge is 0.0584 e. The van der Waals surface area contributed by atoms with E-state index in [1.54, 1.807) is 5.57 Å². The predicted molar refractivity (Wildman–Crippen MR) is 109 cm³/mol. The van der Waals surface area contributed by atoms with Gasteiger partial charge in [-0.1, -0.05) is 24.3 Å². The molecule has 0 N–H and O–H groups in total. The topological polar surface area (TPSA) is 19.4 Å². The maximum atomic E-state index is 4.31. The second-order valence-corrected chi connectivity index (χ2v) is 7.83. The molecule has 1 atom stereocenters. The Hall–Kier alpha value is -2.13. The van der Waals surface area contributed by atoms with Crippen molar-refractivity contribution in [2.45, 2.75) is 38.1 Å². The van der Waals surface area contributed by atoms with Gasteiger partial charge in [-0.2, -0.15) is 0 Å². The third-order valence-electron chi connectivity index (χ3n) is 5.72. The van der Waals surface area contributed by atoms with E-state index in [9.17, 15) is 0 Å². The molecule has 1 unspecified atom stereocenters. The molecule has 0 saturated carbocycles. The SMILES string of the molecule is CN(C)CCN1C=C(C2=CCCCC2)C2=CC=C(c3cccnc3)CC21. The van der Waals surface area contributed by atoms with Gasteiger partial charge in [-0.3, -0.25) is 4.98 Å². The summed E-state index contributed by atoms with van der Waals surface area (Å²) in [6.45, 7) is 2.16. The van der Waals surface area contributed by atoms with Crippen LogP contribution in [0.15, 0.2) is 65.7 Å². The molecule has 26 heavy (non-hydrogen) atoms. The van der Waals surface area contributed by atoms with E-state index >= 15 is 0 Å². The van der Waals surface area contributed by atoms with Gasteiger partial charge in [0.25, 0.3) is 0 Å². The highest BCUT2D eigenvalue weighted by atomic mass is 15.2. The number of hydrogen-bond acceptors (Lipinski definition) is 3. The van der Waals surface area contributed by atoms with E-state index in [1.807, 2.05) is 18.5 Å².